The lowest BCUT2D eigenvalue weighted by Crippen LogP contribution is -2.50. The predicted octanol–water partition coefficient (Wildman–Crippen LogP) is 2.90. The topological polar surface area (TPSA) is 71.5 Å². The van der Waals surface area contributed by atoms with Gasteiger partial charge in [0.05, 0.1) is 11.9 Å². The van der Waals surface area contributed by atoms with E-state index in [1.54, 1.807) is 11.1 Å². The predicted molar refractivity (Wildman–Crippen MR) is 100 cm³/mol. The van der Waals surface area contributed by atoms with E-state index in [1.807, 2.05) is 37.8 Å². The Morgan fingerprint density at radius 1 is 1.08 bits per heavy atom. The SMILES string of the molecule is Cc1ccc(-c2cnnc(N3CCN(C(=O)OC(C)(C)C)CC3)n2)cc1. The normalized spacial score (nSPS) is 15.1. The summed E-state index contributed by atoms with van der Waals surface area (Å²) in [6, 6.07) is 8.17. The van der Waals surface area contributed by atoms with Gasteiger partial charge in [-0.1, -0.05) is 29.8 Å². The van der Waals surface area contributed by atoms with Crippen molar-refractivity contribution in [2.45, 2.75) is 33.3 Å². The number of hydrogen-bond acceptors (Lipinski definition) is 6. The van der Waals surface area contributed by atoms with Gasteiger partial charge in [-0.05, 0) is 27.7 Å². The Labute approximate surface area is 154 Å². The van der Waals surface area contributed by atoms with Crippen molar-refractivity contribution in [3.8, 4) is 11.3 Å². The molecule has 1 saturated heterocycles. The van der Waals surface area contributed by atoms with E-state index in [0.29, 0.717) is 32.1 Å². The first-order valence-electron chi connectivity index (χ1n) is 8.81. The number of rotatable bonds is 2. The molecule has 0 unspecified atom stereocenters. The average molecular weight is 355 g/mol. The summed E-state index contributed by atoms with van der Waals surface area (Å²) in [7, 11) is 0. The fraction of sp³-hybridized carbons (Fsp3) is 0.474. The minimum absolute atomic E-state index is 0.274. The molecular formula is C19H25N5O2. The molecule has 0 radical (unpaired) electrons. The lowest BCUT2D eigenvalue weighted by molar-refractivity contribution is 0.0240. The highest BCUT2D eigenvalue weighted by Crippen LogP contribution is 2.20. The Morgan fingerprint density at radius 3 is 2.35 bits per heavy atom. The second-order valence-electron chi connectivity index (χ2n) is 7.46. The van der Waals surface area contributed by atoms with Gasteiger partial charge in [-0.3, -0.25) is 0 Å². The van der Waals surface area contributed by atoms with E-state index in [9.17, 15) is 4.79 Å². The lowest BCUT2D eigenvalue weighted by Gasteiger charge is -2.35. The summed E-state index contributed by atoms with van der Waals surface area (Å²) in [4.78, 5) is 20.6. The molecule has 2 aromatic rings. The fourth-order valence-corrected chi connectivity index (χ4v) is 2.71. The number of aryl methyl sites for hydroxylation is 1. The monoisotopic (exact) mass is 355 g/mol. The number of benzene rings is 1. The quantitative estimate of drug-likeness (QED) is 0.825. The summed E-state index contributed by atoms with van der Waals surface area (Å²) < 4.78 is 5.43. The fourth-order valence-electron chi connectivity index (χ4n) is 2.71. The highest BCUT2D eigenvalue weighted by atomic mass is 16.6. The standard InChI is InChI=1S/C19H25N5O2/c1-14-5-7-15(8-6-14)16-13-20-22-17(21-16)23-9-11-24(12-10-23)18(25)26-19(2,3)4/h5-8,13H,9-12H2,1-4H3. The number of carbonyl (C=O) groups is 1. The van der Waals surface area contributed by atoms with Crippen LogP contribution in [0.15, 0.2) is 30.5 Å². The molecule has 0 aliphatic carbocycles. The summed E-state index contributed by atoms with van der Waals surface area (Å²) in [5, 5.41) is 8.27. The van der Waals surface area contributed by atoms with Gasteiger partial charge in [-0.15, -0.1) is 5.10 Å². The lowest BCUT2D eigenvalue weighted by atomic mass is 10.1. The van der Waals surface area contributed by atoms with E-state index in [4.69, 9.17) is 4.74 Å². The van der Waals surface area contributed by atoms with E-state index >= 15 is 0 Å². The highest BCUT2D eigenvalue weighted by Gasteiger charge is 2.27. The number of hydrogen-bond donors (Lipinski definition) is 0. The molecule has 3 rings (SSSR count). The van der Waals surface area contributed by atoms with Crippen molar-refractivity contribution in [2.24, 2.45) is 0 Å². The maximum Gasteiger partial charge on any atom is 0.410 e. The van der Waals surface area contributed by atoms with E-state index < -0.39 is 5.60 Å². The Hall–Kier alpha value is -2.70. The maximum atomic E-state index is 12.2. The second kappa shape index (κ2) is 7.27. The molecule has 7 nitrogen and oxygen atoms in total. The zero-order chi connectivity index (χ0) is 18.7. The van der Waals surface area contributed by atoms with Crippen molar-refractivity contribution >= 4 is 12.0 Å². The van der Waals surface area contributed by atoms with Gasteiger partial charge < -0.3 is 14.5 Å². The van der Waals surface area contributed by atoms with Crippen molar-refractivity contribution in [3.05, 3.63) is 36.0 Å². The highest BCUT2D eigenvalue weighted by molar-refractivity contribution is 5.68. The second-order valence-corrected chi connectivity index (χ2v) is 7.46. The molecule has 0 N–H and O–H groups in total. The Bertz CT molecular complexity index is 762. The third kappa shape index (κ3) is 4.47. The molecule has 1 aromatic heterocycles. The number of ether oxygens (including phenoxy) is 1. The van der Waals surface area contributed by atoms with Gasteiger partial charge in [0.25, 0.3) is 0 Å². The van der Waals surface area contributed by atoms with E-state index in [-0.39, 0.29) is 6.09 Å². The number of aromatic nitrogens is 3. The first kappa shape index (κ1) is 18.1. The molecule has 1 fully saturated rings. The third-order valence-electron chi connectivity index (χ3n) is 4.11. The molecule has 2 heterocycles. The molecular weight excluding hydrogens is 330 g/mol. The zero-order valence-electron chi connectivity index (χ0n) is 15.8. The molecule has 7 heteroatoms. The summed E-state index contributed by atoms with van der Waals surface area (Å²) in [5.41, 5.74) is 2.53. The molecule has 0 atom stereocenters. The average Bonchev–Trinajstić information content (AvgIpc) is 2.61. The van der Waals surface area contributed by atoms with E-state index in [0.717, 1.165) is 11.3 Å². The first-order valence-corrected chi connectivity index (χ1v) is 8.81. The van der Waals surface area contributed by atoms with Crippen LogP contribution in [0.5, 0.6) is 0 Å². The molecule has 1 amide bonds. The Balaban J connectivity index is 1.65. The zero-order valence-corrected chi connectivity index (χ0v) is 15.8. The van der Waals surface area contributed by atoms with Gasteiger partial charge in [0.2, 0.25) is 5.95 Å². The van der Waals surface area contributed by atoms with E-state index in [1.165, 1.54) is 5.56 Å². The third-order valence-corrected chi connectivity index (χ3v) is 4.11. The first-order chi connectivity index (χ1) is 12.3. The van der Waals surface area contributed by atoms with Crippen LogP contribution in [0.2, 0.25) is 0 Å². The summed E-state index contributed by atoms with van der Waals surface area (Å²) in [6.45, 7) is 10.1. The van der Waals surface area contributed by atoms with Crippen LogP contribution in [0.4, 0.5) is 10.7 Å². The Morgan fingerprint density at radius 2 is 1.73 bits per heavy atom. The molecule has 26 heavy (non-hydrogen) atoms. The van der Waals surface area contributed by atoms with Crippen LogP contribution in [0, 0.1) is 6.92 Å². The molecule has 0 saturated carbocycles. The van der Waals surface area contributed by atoms with Crippen molar-refractivity contribution in [3.63, 3.8) is 0 Å². The van der Waals surface area contributed by atoms with E-state index in [2.05, 4.69) is 34.2 Å². The largest absolute Gasteiger partial charge is 0.444 e. The van der Waals surface area contributed by atoms with Crippen molar-refractivity contribution in [2.75, 3.05) is 31.1 Å². The minimum Gasteiger partial charge on any atom is -0.444 e. The van der Waals surface area contributed by atoms with Gasteiger partial charge in [-0.25, -0.2) is 9.78 Å². The van der Waals surface area contributed by atoms with Crippen LogP contribution < -0.4 is 4.90 Å². The van der Waals surface area contributed by atoms with Crippen LogP contribution in [-0.4, -0.2) is 58.0 Å². The van der Waals surface area contributed by atoms with Crippen molar-refractivity contribution < 1.29 is 9.53 Å². The molecule has 1 aliphatic rings. The van der Waals surface area contributed by atoms with Crippen LogP contribution in [0.1, 0.15) is 26.3 Å². The van der Waals surface area contributed by atoms with Gasteiger partial charge in [0.15, 0.2) is 0 Å². The number of anilines is 1. The minimum atomic E-state index is -0.483. The summed E-state index contributed by atoms with van der Waals surface area (Å²) >= 11 is 0. The molecule has 0 spiro atoms. The molecule has 1 aromatic carbocycles. The van der Waals surface area contributed by atoms with Gasteiger partial charge in [0.1, 0.15) is 5.60 Å². The van der Waals surface area contributed by atoms with Crippen LogP contribution in [0.25, 0.3) is 11.3 Å². The molecule has 138 valence electrons. The van der Waals surface area contributed by atoms with Gasteiger partial charge in [0, 0.05) is 31.7 Å². The Kier molecular flexibility index (Phi) is 5.06. The van der Waals surface area contributed by atoms with Crippen molar-refractivity contribution in [1.29, 1.82) is 0 Å². The number of nitrogens with zero attached hydrogens (tertiary/aromatic N) is 5. The van der Waals surface area contributed by atoms with Crippen LogP contribution >= 0.6 is 0 Å². The molecule has 1 aliphatic heterocycles. The number of piperazine rings is 1. The summed E-state index contributed by atoms with van der Waals surface area (Å²) in [6.07, 6.45) is 1.40. The summed E-state index contributed by atoms with van der Waals surface area (Å²) in [5.74, 6) is 0.590. The van der Waals surface area contributed by atoms with Crippen LogP contribution in [0.3, 0.4) is 0 Å². The maximum absolute atomic E-state index is 12.2. The smallest absolute Gasteiger partial charge is 0.410 e. The van der Waals surface area contributed by atoms with Gasteiger partial charge >= 0.3 is 6.09 Å². The molecule has 0 bridgehead atoms. The van der Waals surface area contributed by atoms with Crippen LogP contribution in [-0.2, 0) is 4.74 Å². The number of carbonyl (C=O) groups excluding carboxylic acids is 1. The number of amides is 1. The van der Waals surface area contributed by atoms with Crippen molar-refractivity contribution in [1.82, 2.24) is 20.1 Å². The van der Waals surface area contributed by atoms with Gasteiger partial charge in [-0.2, -0.15) is 5.10 Å².